The zero-order valence-corrected chi connectivity index (χ0v) is 11.9. The molecule has 3 rings (SSSR count). The summed E-state index contributed by atoms with van der Waals surface area (Å²) in [6.45, 7) is 6.13. The molecule has 3 aliphatic rings. The predicted molar refractivity (Wildman–Crippen MR) is 69.9 cm³/mol. The molecule has 0 radical (unpaired) electrons. The molecule has 0 spiro atoms. The third-order valence-corrected chi connectivity index (χ3v) is 4.14. The first-order valence-corrected chi connectivity index (χ1v) is 6.94. The van der Waals surface area contributed by atoms with E-state index < -0.39 is 17.1 Å². The number of rotatable bonds is 2. The van der Waals surface area contributed by atoms with E-state index in [1.807, 2.05) is 20.8 Å². The summed E-state index contributed by atoms with van der Waals surface area (Å²) in [6.07, 6.45) is 3.27. The van der Waals surface area contributed by atoms with E-state index in [0.29, 0.717) is 12.5 Å². The number of carbonyl (C=O) groups is 2. The topological polar surface area (TPSA) is 66.8 Å². The van der Waals surface area contributed by atoms with Gasteiger partial charge in [0.15, 0.2) is 0 Å². The first kappa shape index (κ1) is 14.2. The molecule has 0 aromatic heterocycles. The fourth-order valence-electron chi connectivity index (χ4n) is 3.26. The number of nitrogens with zero attached hydrogens (tertiary/aromatic N) is 1. The van der Waals surface area contributed by atoms with Crippen molar-refractivity contribution in [2.75, 3.05) is 6.54 Å². The van der Waals surface area contributed by atoms with Gasteiger partial charge in [-0.05, 0) is 52.4 Å². The molecule has 0 aromatic rings. The maximum Gasteiger partial charge on any atom is 0.410 e. The molecule has 1 saturated carbocycles. The van der Waals surface area contributed by atoms with Crippen molar-refractivity contribution < 1.29 is 19.4 Å². The van der Waals surface area contributed by atoms with Crippen molar-refractivity contribution in [3.05, 3.63) is 0 Å². The number of carboxylic acids is 1. The van der Waals surface area contributed by atoms with Crippen LogP contribution in [0.4, 0.5) is 4.79 Å². The van der Waals surface area contributed by atoms with E-state index in [9.17, 15) is 9.59 Å². The van der Waals surface area contributed by atoms with Crippen LogP contribution in [0.3, 0.4) is 0 Å². The molecule has 2 saturated heterocycles. The fourth-order valence-corrected chi connectivity index (χ4v) is 3.26. The fraction of sp³-hybridized carbons (Fsp3) is 0.857. The lowest BCUT2D eigenvalue weighted by molar-refractivity contribution is -0.143. The van der Waals surface area contributed by atoms with Crippen molar-refractivity contribution in [3.8, 4) is 0 Å². The Labute approximate surface area is 113 Å². The lowest BCUT2D eigenvalue weighted by Gasteiger charge is -2.53. The highest BCUT2D eigenvalue weighted by atomic mass is 16.6. The zero-order valence-electron chi connectivity index (χ0n) is 11.9. The monoisotopic (exact) mass is 269 g/mol. The molecule has 2 heterocycles. The maximum atomic E-state index is 12.3. The van der Waals surface area contributed by atoms with Gasteiger partial charge in [0.25, 0.3) is 0 Å². The van der Waals surface area contributed by atoms with E-state index in [4.69, 9.17) is 9.84 Å². The molecule has 5 nitrogen and oxygen atoms in total. The van der Waals surface area contributed by atoms with Crippen LogP contribution in [0.1, 0.15) is 52.9 Å². The normalized spacial score (nSPS) is 30.3. The Balaban J connectivity index is 2.17. The van der Waals surface area contributed by atoms with Gasteiger partial charge >= 0.3 is 12.1 Å². The van der Waals surface area contributed by atoms with Gasteiger partial charge in [0.1, 0.15) is 5.60 Å². The van der Waals surface area contributed by atoms with Crippen LogP contribution in [0.5, 0.6) is 0 Å². The Morgan fingerprint density at radius 1 is 1.32 bits per heavy atom. The molecular weight excluding hydrogens is 246 g/mol. The van der Waals surface area contributed by atoms with E-state index in [1.165, 1.54) is 0 Å². The molecule has 3 fully saturated rings. The van der Waals surface area contributed by atoms with Gasteiger partial charge in [-0.3, -0.25) is 4.79 Å². The molecule has 2 aliphatic heterocycles. The van der Waals surface area contributed by atoms with E-state index >= 15 is 0 Å². The van der Waals surface area contributed by atoms with Crippen LogP contribution in [0, 0.1) is 5.92 Å². The molecular formula is C14H23NO4. The van der Waals surface area contributed by atoms with Crippen molar-refractivity contribution >= 4 is 12.1 Å². The van der Waals surface area contributed by atoms with Crippen molar-refractivity contribution in [2.45, 2.75) is 64.0 Å². The number of piperidine rings is 2. The van der Waals surface area contributed by atoms with Gasteiger partial charge in [-0.2, -0.15) is 0 Å². The number of aliphatic carboxylic acids is 1. The summed E-state index contributed by atoms with van der Waals surface area (Å²) < 4.78 is 5.43. The van der Waals surface area contributed by atoms with Gasteiger partial charge < -0.3 is 14.7 Å². The molecule has 1 N–H and O–H groups in total. The minimum Gasteiger partial charge on any atom is -0.481 e. The Hall–Kier alpha value is -1.26. The van der Waals surface area contributed by atoms with E-state index in [-0.39, 0.29) is 12.5 Å². The second kappa shape index (κ2) is 4.69. The van der Waals surface area contributed by atoms with Crippen LogP contribution < -0.4 is 0 Å². The second-order valence-corrected chi connectivity index (χ2v) is 6.83. The minimum atomic E-state index is -0.839. The average molecular weight is 269 g/mol. The number of ether oxygens (including phenoxy) is 1. The second-order valence-electron chi connectivity index (χ2n) is 6.83. The molecule has 5 heteroatoms. The van der Waals surface area contributed by atoms with E-state index in [2.05, 4.69) is 0 Å². The number of hydrogen-bond acceptors (Lipinski definition) is 3. The molecule has 1 amide bonds. The van der Waals surface area contributed by atoms with E-state index in [0.717, 1.165) is 25.7 Å². The highest BCUT2D eigenvalue weighted by Gasteiger charge is 2.50. The largest absolute Gasteiger partial charge is 0.481 e. The summed E-state index contributed by atoms with van der Waals surface area (Å²) in [5.74, 6) is -0.336. The quantitative estimate of drug-likeness (QED) is 0.836. The van der Waals surface area contributed by atoms with Gasteiger partial charge in [-0.1, -0.05) is 0 Å². The number of amides is 1. The maximum absolute atomic E-state index is 12.3. The highest BCUT2D eigenvalue weighted by molar-refractivity contribution is 5.73. The first-order valence-electron chi connectivity index (χ1n) is 6.94. The molecule has 1 aliphatic carbocycles. The van der Waals surface area contributed by atoms with Crippen molar-refractivity contribution in [3.63, 3.8) is 0 Å². The SMILES string of the molecule is CC(C)(C)OC(=O)N1CC2CCC1(CC(=O)O)CC2. The van der Waals surface area contributed by atoms with Gasteiger partial charge in [-0.15, -0.1) is 0 Å². The lowest BCUT2D eigenvalue weighted by atomic mass is 9.69. The van der Waals surface area contributed by atoms with Crippen LogP contribution in [0.2, 0.25) is 0 Å². The van der Waals surface area contributed by atoms with Gasteiger partial charge in [0, 0.05) is 6.54 Å². The summed E-state index contributed by atoms with van der Waals surface area (Å²) >= 11 is 0. The Morgan fingerprint density at radius 3 is 2.37 bits per heavy atom. The number of fused-ring (bicyclic) bond motifs is 3. The van der Waals surface area contributed by atoms with Crippen molar-refractivity contribution in [2.24, 2.45) is 5.92 Å². The Kier molecular flexibility index (Phi) is 3.49. The molecule has 19 heavy (non-hydrogen) atoms. The van der Waals surface area contributed by atoms with Crippen LogP contribution in [0.15, 0.2) is 0 Å². The van der Waals surface area contributed by atoms with Crippen LogP contribution in [0.25, 0.3) is 0 Å². The first-order chi connectivity index (χ1) is 8.72. The average Bonchev–Trinajstić information content (AvgIpc) is 2.26. The molecule has 0 atom stereocenters. The summed E-state index contributed by atoms with van der Waals surface area (Å²) in [5.41, 5.74) is -1.07. The number of carbonyl (C=O) groups excluding carboxylic acids is 1. The van der Waals surface area contributed by atoms with Crippen molar-refractivity contribution in [1.29, 1.82) is 0 Å². The van der Waals surface area contributed by atoms with Crippen molar-refractivity contribution in [1.82, 2.24) is 4.90 Å². The third kappa shape index (κ3) is 3.01. The number of carboxylic acid groups (broad SMARTS) is 1. The predicted octanol–water partition coefficient (Wildman–Crippen LogP) is 2.64. The molecule has 2 bridgehead atoms. The highest BCUT2D eigenvalue weighted by Crippen LogP contribution is 2.45. The summed E-state index contributed by atoms with van der Waals surface area (Å²) in [7, 11) is 0. The molecule has 108 valence electrons. The molecule has 0 unspecified atom stereocenters. The lowest BCUT2D eigenvalue weighted by Crippen LogP contribution is -2.61. The standard InChI is InChI=1S/C14H23NO4/c1-13(2,3)19-12(18)15-9-10-4-6-14(15,7-5-10)8-11(16)17/h10H,4-9H2,1-3H3,(H,16,17). The van der Waals surface area contributed by atoms with Gasteiger partial charge in [0.2, 0.25) is 0 Å². The van der Waals surface area contributed by atoms with Gasteiger partial charge in [0.05, 0.1) is 12.0 Å². The Bertz CT molecular complexity index is 377. The summed E-state index contributed by atoms with van der Waals surface area (Å²) in [4.78, 5) is 25.1. The summed E-state index contributed by atoms with van der Waals surface area (Å²) in [5, 5.41) is 9.13. The zero-order chi connectivity index (χ0) is 14.3. The molecule has 0 aromatic carbocycles. The van der Waals surface area contributed by atoms with Crippen LogP contribution >= 0.6 is 0 Å². The minimum absolute atomic E-state index is 0.0267. The van der Waals surface area contributed by atoms with Gasteiger partial charge in [-0.25, -0.2) is 4.79 Å². The smallest absolute Gasteiger partial charge is 0.410 e. The summed E-state index contributed by atoms with van der Waals surface area (Å²) in [6, 6.07) is 0. The number of hydrogen-bond donors (Lipinski definition) is 1. The van der Waals surface area contributed by atoms with E-state index in [1.54, 1.807) is 4.90 Å². The van der Waals surface area contributed by atoms with Crippen LogP contribution in [-0.4, -0.2) is 39.8 Å². The third-order valence-electron chi connectivity index (χ3n) is 4.14. The Morgan fingerprint density at radius 2 is 1.89 bits per heavy atom. The van der Waals surface area contributed by atoms with Crippen LogP contribution in [-0.2, 0) is 9.53 Å².